The lowest BCUT2D eigenvalue weighted by atomic mass is 9.84. The van der Waals surface area contributed by atoms with Crippen molar-refractivity contribution >= 4 is 5.97 Å². The maximum Gasteiger partial charge on any atom is 0.309 e. The third-order valence-electron chi connectivity index (χ3n) is 1.89. The Morgan fingerprint density at radius 1 is 1.80 bits per heavy atom. The summed E-state index contributed by atoms with van der Waals surface area (Å²) >= 11 is 0. The summed E-state index contributed by atoms with van der Waals surface area (Å²) < 4.78 is 0. The summed E-state index contributed by atoms with van der Waals surface area (Å²) in [6.45, 7) is 7.12. The zero-order chi connectivity index (χ0) is 8.20. The fraction of sp³-hybridized carbons (Fsp3) is 0.625. The standard InChI is InChI=1S/C8H14O2/c1-4-6-8(3,5-2)7(9)10/h4H,1,5-6H2,2-3H3,(H,9,10)/t8-/m1/s1. The van der Waals surface area contributed by atoms with Crippen LogP contribution in [-0.2, 0) is 4.79 Å². The van der Waals surface area contributed by atoms with E-state index in [0.29, 0.717) is 12.8 Å². The molecule has 0 fully saturated rings. The molecule has 2 heteroatoms. The summed E-state index contributed by atoms with van der Waals surface area (Å²) in [5, 5.41) is 8.72. The van der Waals surface area contributed by atoms with E-state index < -0.39 is 11.4 Å². The maximum atomic E-state index is 10.6. The second kappa shape index (κ2) is 3.40. The number of allylic oxidation sites excluding steroid dienone is 1. The molecule has 0 aliphatic rings. The van der Waals surface area contributed by atoms with Crippen molar-refractivity contribution in [2.24, 2.45) is 5.41 Å². The van der Waals surface area contributed by atoms with Gasteiger partial charge in [-0.2, -0.15) is 0 Å². The lowest BCUT2D eigenvalue weighted by Crippen LogP contribution is -2.25. The minimum atomic E-state index is -0.741. The predicted molar refractivity (Wildman–Crippen MR) is 40.8 cm³/mol. The number of rotatable bonds is 4. The molecule has 0 aromatic carbocycles. The van der Waals surface area contributed by atoms with Gasteiger partial charge in [0.05, 0.1) is 5.41 Å². The van der Waals surface area contributed by atoms with E-state index in [4.69, 9.17) is 5.11 Å². The number of hydrogen-bond donors (Lipinski definition) is 1. The largest absolute Gasteiger partial charge is 0.481 e. The first kappa shape index (κ1) is 9.21. The van der Waals surface area contributed by atoms with Crippen molar-refractivity contribution in [3.05, 3.63) is 12.7 Å². The van der Waals surface area contributed by atoms with Gasteiger partial charge in [-0.15, -0.1) is 6.58 Å². The van der Waals surface area contributed by atoms with Crippen molar-refractivity contribution in [1.82, 2.24) is 0 Å². The number of aliphatic carboxylic acids is 1. The summed E-state index contributed by atoms with van der Waals surface area (Å²) in [4.78, 5) is 10.6. The predicted octanol–water partition coefficient (Wildman–Crippen LogP) is 2.06. The van der Waals surface area contributed by atoms with Crippen LogP contribution in [0.2, 0.25) is 0 Å². The molecule has 1 atom stereocenters. The summed E-state index contributed by atoms with van der Waals surface area (Å²) in [5.74, 6) is -0.741. The van der Waals surface area contributed by atoms with E-state index in [1.165, 1.54) is 0 Å². The molecule has 58 valence electrons. The molecule has 10 heavy (non-hydrogen) atoms. The first-order valence-corrected chi connectivity index (χ1v) is 3.41. The molecular formula is C8H14O2. The summed E-state index contributed by atoms with van der Waals surface area (Å²) in [5.41, 5.74) is -0.609. The van der Waals surface area contributed by atoms with Gasteiger partial charge in [-0.25, -0.2) is 0 Å². The van der Waals surface area contributed by atoms with Crippen LogP contribution in [0.5, 0.6) is 0 Å². The average Bonchev–Trinajstić information content (AvgIpc) is 1.88. The van der Waals surface area contributed by atoms with E-state index in [1.54, 1.807) is 13.0 Å². The van der Waals surface area contributed by atoms with Gasteiger partial charge in [0.1, 0.15) is 0 Å². The van der Waals surface area contributed by atoms with Crippen LogP contribution in [0.15, 0.2) is 12.7 Å². The van der Waals surface area contributed by atoms with Gasteiger partial charge in [-0.1, -0.05) is 13.0 Å². The Morgan fingerprint density at radius 2 is 2.30 bits per heavy atom. The highest BCUT2D eigenvalue weighted by atomic mass is 16.4. The smallest absolute Gasteiger partial charge is 0.309 e. The molecule has 0 aliphatic carbocycles. The molecular weight excluding hydrogens is 128 g/mol. The van der Waals surface area contributed by atoms with Crippen molar-refractivity contribution < 1.29 is 9.90 Å². The molecule has 0 aromatic rings. The molecule has 0 amide bonds. The molecule has 0 saturated carbocycles. The zero-order valence-electron chi connectivity index (χ0n) is 6.55. The number of carbonyl (C=O) groups is 1. The second-order valence-electron chi connectivity index (χ2n) is 2.71. The Balaban J connectivity index is 4.21. The molecule has 0 aromatic heterocycles. The highest BCUT2D eigenvalue weighted by Crippen LogP contribution is 2.25. The molecule has 0 saturated heterocycles. The SMILES string of the molecule is C=CC[C@@](C)(CC)C(=O)O. The average molecular weight is 142 g/mol. The molecule has 0 bridgehead atoms. The molecule has 0 aliphatic heterocycles. The zero-order valence-corrected chi connectivity index (χ0v) is 6.55. The Hall–Kier alpha value is -0.790. The van der Waals surface area contributed by atoms with E-state index >= 15 is 0 Å². The van der Waals surface area contributed by atoms with Gasteiger partial charge >= 0.3 is 5.97 Å². The van der Waals surface area contributed by atoms with E-state index in [2.05, 4.69) is 6.58 Å². The Labute approximate surface area is 61.6 Å². The van der Waals surface area contributed by atoms with Gasteiger partial charge in [0.25, 0.3) is 0 Å². The molecule has 0 radical (unpaired) electrons. The second-order valence-corrected chi connectivity index (χ2v) is 2.71. The number of carboxylic acids is 1. The van der Waals surface area contributed by atoms with Crippen LogP contribution in [0.4, 0.5) is 0 Å². The fourth-order valence-corrected chi connectivity index (χ4v) is 0.701. The highest BCUT2D eigenvalue weighted by Gasteiger charge is 2.28. The number of carboxylic acid groups (broad SMARTS) is 1. The van der Waals surface area contributed by atoms with E-state index in [-0.39, 0.29) is 0 Å². The first-order valence-electron chi connectivity index (χ1n) is 3.41. The molecule has 1 N–H and O–H groups in total. The van der Waals surface area contributed by atoms with Crippen molar-refractivity contribution in [2.45, 2.75) is 26.7 Å². The summed E-state index contributed by atoms with van der Waals surface area (Å²) in [6.07, 6.45) is 2.84. The van der Waals surface area contributed by atoms with Crippen molar-refractivity contribution in [2.75, 3.05) is 0 Å². The highest BCUT2D eigenvalue weighted by molar-refractivity contribution is 5.74. The van der Waals surface area contributed by atoms with Crippen molar-refractivity contribution in [3.63, 3.8) is 0 Å². The topological polar surface area (TPSA) is 37.3 Å². The van der Waals surface area contributed by atoms with Crippen LogP contribution in [0, 0.1) is 5.41 Å². The minimum Gasteiger partial charge on any atom is -0.481 e. The van der Waals surface area contributed by atoms with Gasteiger partial charge in [-0.05, 0) is 19.8 Å². The van der Waals surface area contributed by atoms with E-state index in [1.807, 2.05) is 6.92 Å². The van der Waals surface area contributed by atoms with Gasteiger partial charge in [0, 0.05) is 0 Å². The number of hydrogen-bond acceptors (Lipinski definition) is 1. The first-order chi connectivity index (χ1) is 4.56. The monoisotopic (exact) mass is 142 g/mol. The van der Waals surface area contributed by atoms with Gasteiger partial charge < -0.3 is 5.11 Å². The summed E-state index contributed by atoms with van der Waals surface area (Å²) in [7, 11) is 0. The van der Waals surface area contributed by atoms with Crippen LogP contribution >= 0.6 is 0 Å². The minimum absolute atomic E-state index is 0.541. The molecule has 2 nitrogen and oxygen atoms in total. The quantitative estimate of drug-likeness (QED) is 0.610. The molecule has 0 unspecified atom stereocenters. The Kier molecular flexibility index (Phi) is 3.13. The van der Waals surface area contributed by atoms with Crippen LogP contribution in [-0.4, -0.2) is 11.1 Å². The summed E-state index contributed by atoms with van der Waals surface area (Å²) in [6, 6.07) is 0. The van der Waals surface area contributed by atoms with Crippen LogP contribution in [0.3, 0.4) is 0 Å². The maximum absolute atomic E-state index is 10.6. The lowest BCUT2D eigenvalue weighted by Gasteiger charge is -2.20. The van der Waals surface area contributed by atoms with Crippen LogP contribution in [0.1, 0.15) is 26.7 Å². The van der Waals surface area contributed by atoms with E-state index in [0.717, 1.165) is 0 Å². The van der Waals surface area contributed by atoms with E-state index in [9.17, 15) is 4.79 Å². The fourth-order valence-electron chi connectivity index (χ4n) is 0.701. The Morgan fingerprint density at radius 3 is 2.40 bits per heavy atom. The normalized spacial score (nSPS) is 15.8. The molecule has 0 spiro atoms. The van der Waals surface area contributed by atoms with Crippen molar-refractivity contribution in [3.8, 4) is 0 Å². The van der Waals surface area contributed by atoms with Crippen LogP contribution < -0.4 is 0 Å². The third-order valence-corrected chi connectivity index (χ3v) is 1.89. The lowest BCUT2D eigenvalue weighted by molar-refractivity contribution is -0.147. The van der Waals surface area contributed by atoms with Gasteiger partial charge in [0.15, 0.2) is 0 Å². The molecule has 0 heterocycles. The van der Waals surface area contributed by atoms with Gasteiger partial charge in [0.2, 0.25) is 0 Å². The van der Waals surface area contributed by atoms with Crippen molar-refractivity contribution in [1.29, 1.82) is 0 Å². The van der Waals surface area contributed by atoms with Gasteiger partial charge in [-0.3, -0.25) is 4.79 Å². The molecule has 0 rings (SSSR count). The Bertz CT molecular complexity index is 140. The third kappa shape index (κ3) is 1.87. The van der Waals surface area contributed by atoms with Crippen LogP contribution in [0.25, 0.3) is 0 Å².